The minimum absolute atomic E-state index is 0.199. The number of anilines is 1. The van der Waals surface area contributed by atoms with Gasteiger partial charge >= 0.3 is 0 Å². The van der Waals surface area contributed by atoms with E-state index in [0.717, 1.165) is 4.90 Å². The molecule has 0 saturated carbocycles. The van der Waals surface area contributed by atoms with Crippen molar-refractivity contribution in [2.75, 3.05) is 18.2 Å². The Balaban J connectivity index is 1.38. The van der Waals surface area contributed by atoms with Crippen molar-refractivity contribution in [2.24, 2.45) is 0 Å². The number of carbonyl (C=O) groups excluding carboxylic acids is 1. The predicted molar refractivity (Wildman–Crippen MR) is 137 cm³/mol. The van der Waals surface area contributed by atoms with Crippen LogP contribution in [-0.4, -0.2) is 38.9 Å². The second-order valence-electron chi connectivity index (χ2n) is 6.76. The Hall–Kier alpha value is -2.85. The second-order valence-corrected chi connectivity index (χ2v) is 9.06. The van der Waals surface area contributed by atoms with Gasteiger partial charge < -0.3 is 15.4 Å². The number of fused-ring (bicyclic) bond motifs is 1. The molecule has 0 saturated heterocycles. The lowest BCUT2D eigenvalue weighted by atomic mass is 10.3. The molecule has 33 heavy (non-hydrogen) atoms. The average molecular weight is 518 g/mol. The van der Waals surface area contributed by atoms with Crippen LogP contribution in [0, 0.1) is 0 Å². The molecule has 0 radical (unpaired) electrons. The van der Waals surface area contributed by atoms with Gasteiger partial charge in [-0.05, 0) is 72.9 Å². The van der Waals surface area contributed by atoms with Gasteiger partial charge in [0.2, 0.25) is 5.91 Å². The van der Waals surface area contributed by atoms with Gasteiger partial charge in [0.15, 0.2) is 5.11 Å². The highest BCUT2D eigenvalue weighted by atomic mass is 35.5. The lowest BCUT2D eigenvalue weighted by Crippen LogP contribution is -2.35. The summed E-state index contributed by atoms with van der Waals surface area (Å²) in [4.78, 5) is 14.6. The van der Waals surface area contributed by atoms with Gasteiger partial charge in [-0.2, -0.15) is 4.80 Å². The molecule has 0 fully saturated rings. The molecular weight excluding hydrogens is 501 g/mol. The van der Waals surface area contributed by atoms with Crippen molar-refractivity contribution in [2.45, 2.75) is 4.90 Å². The standard InChI is InChI=1S/C22H17Cl2N5O2S2/c1-31-20-9-5-15(11-17(20)24)29-27-18-8-4-14(10-19(18)28-29)25-22(32)26-21(30)12-33-16-6-2-13(23)3-7-16/h2-11H,12H2,1H3,(H2,25,26,30,32). The number of ether oxygens (including phenoxy) is 1. The number of rotatable bonds is 6. The first-order chi connectivity index (χ1) is 15.9. The molecule has 1 amide bonds. The van der Waals surface area contributed by atoms with E-state index in [4.69, 9.17) is 40.2 Å². The van der Waals surface area contributed by atoms with Crippen LogP contribution in [0.1, 0.15) is 0 Å². The van der Waals surface area contributed by atoms with Crippen LogP contribution < -0.4 is 15.4 Å². The summed E-state index contributed by atoms with van der Waals surface area (Å²) < 4.78 is 5.18. The molecule has 1 heterocycles. The summed E-state index contributed by atoms with van der Waals surface area (Å²) in [6.45, 7) is 0. The SMILES string of the molecule is COc1ccc(-n2nc3ccc(NC(=S)NC(=O)CSc4ccc(Cl)cc4)cc3n2)cc1Cl. The average Bonchev–Trinajstić information content (AvgIpc) is 3.22. The molecule has 0 spiro atoms. The number of hydrogen-bond donors (Lipinski definition) is 2. The van der Waals surface area contributed by atoms with Gasteiger partial charge in [0.1, 0.15) is 16.8 Å². The Bertz CT molecular complexity index is 1330. The zero-order valence-electron chi connectivity index (χ0n) is 17.2. The van der Waals surface area contributed by atoms with Crippen molar-refractivity contribution in [1.29, 1.82) is 0 Å². The molecule has 7 nitrogen and oxygen atoms in total. The van der Waals surface area contributed by atoms with Gasteiger partial charge in [-0.15, -0.1) is 22.0 Å². The predicted octanol–water partition coefficient (Wildman–Crippen LogP) is 5.34. The molecule has 168 valence electrons. The Morgan fingerprint density at radius 1 is 1.06 bits per heavy atom. The van der Waals surface area contributed by atoms with E-state index in [-0.39, 0.29) is 16.8 Å². The number of nitrogens with zero attached hydrogens (tertiary/aromatic N) is 3. The zero-order chi connectivity index (χ0) is 23.4. The van der Waals surface area contributed by atoms with Crippen molar-refractivity contribution in [1.82, 2.24) is 20.3 Å². The number of aromatic nitrogens is 3. The van der Waals surface area contributed by atoms with Crippen molar-refractivity contribution in [3.8, 4) is 11.4 Å². The number of carbonyl (C=O) groups is 1. The quantitative estimate of drug-likeness (QED) is 0.263. The van der Waals surface area contributed by atoms with Gasteiger partial charge in [0.25, 0.3) is 0 Å². The molecule has 0 aliphatic carbocycles. The van der Waals surface area contributed by atoms with Gasteiger partial charge in [-0.3, -0.25) is 4.79 Å². The summed E-state index contributed by atoms with van der Waals surface area (Å²) in [6, 6.07) is 18.0. The van der Waals surface area contributed by atoms with Crippen LogP contribution in [0.3, 0.4) is 0 Å². The molecule has 4 rings (SSSR count). The minimum atomic E-state index is -0.212. The van der Waals surface area contributed by atoms with Crippen molar-refractivity contribution < 1.29 is 9.53 Å². The third-order valence-corrected chi connectivity index (χ3v) is 6.20. The number of halogens is 2. The molecule has 0 aliphatic rings. The van der Waals surface area contributed by atoms with E-state index in [2.05, 4.69) is 20.8 Å². The van der Waals surface area contributed by atoms with E-state index in [1.807, 2.05) is 30.3 Å². The highest BCUT2D eigenvalue weighted by molar-refractivity contribution is 8.00. The van der Waals surface area contributed by atoms with E-state index in [1.165, 1.54) is 16.6 Å². The lowest BCUT2D eigenvalue weighted by Gasteiger charge is -2.09. The molecule has 0 aliphatic heterocycles. The van der Waals surface area contributed by atoms with Gasteiger partial charge in [-0.1, -0.05) is 23.2 Å². The number of thioether (sulfide) groups is 1. The first kappa shape index (κ1) is 23.3. The van der Waals surface area contributed by atoms with Crippen molar-refractivity contribution >= 4 is 74.9 Å². The Kier molecular flexibility index (Phi) is 7.34. The van der Waals surface area contributed by atoms with Gasteiger partial charge in [-0.25, -0.2) is 0 Å². The van der Waals surface area contributed by atoms with E-state index >= 15 is 0 Å². The second kappa shape index (κ2) is 10.4. The maximum atomic E-state index is 12.2. The number of thiocarbonyl (C=S) groups is 1. The highest BCUT2D eigenvalue weighted by Crippen LogP contribution is 2.27. The van der Waals surface area contributed by atoms with Crippen LogP contribution in [-0.2, 0) is 4.79 Å². The fraction of sp³-hybridized carbons (Fsp3) is 0.0909. The van der Waals surface area contributed by atoms with E-state index in [9.17, 15) is 4.79 Å². The molecule has 2 N–H and O–H groups in total. The first-order valence-corrected chi connectivity index (χ1v) is 11.8. The van der Waals surface area contributed by atoms with Crippen LogP contribution in [0.5, 0.6) is 5.75 Å². The smallest absolute Gasteiger partial charge is 0.236 e. The summed E-state index contributed by atoms with van der Waals surface area (Å²) in [5.41, 5.74) is 2.73. The van der Waals surface area contributed by atoms with E-state index in [1.54, 1.807) is 37.4 Å². The molecular formula is C22H17Cl2N5O2S2. The maximum absolute atomic E-state index is 12.2. The first-order valence-electron chi connectivity index (χ1n) is 9.61. The normalized spacial score (nSPS) is 10.8. The summed E-state index contributed by atoms with van der Waals surface area (Å²) in [7, 11) is 1.56. The number of methoxy groups -OCH3 is 1. The Morgan fingerprint density at radius 3 is 2.55 bits per heavy atom. The molecule has 1 aromatic heterocycles. The van der Waals surface area contributed by atoms with Gasteiger partial charge in [0.05, 0.1) is 23.6 Å². The maximum Gasteiger partial charge on any atom is 0.236 e. The molecule has 11 heteroatoms. The summed E-state index contributed by atoms with van der Waals surface area (Å²) in [5, 5.41) is 16.0. The van der Waals surface area contributed by atoms with Crippen LogP contribution >= 0.6 is 47.2 Å². The van der Waals surface area contributed by atoms with E-state index < -0.39 is 0 Å². The molecule has 4 aromatic rings. The third kappa shape index (κ3) is 5.94. The summed E-state index contributed by atoms with van der Waals surface area (Å²) in [6.07, 6.45) is 0. The monoisotopic (exact) mass is 517 g/mol. The number of amides is 1. The Labute approximate surface area is 209 Å². The largest absolute Gasteiger partial charge is 0.495 e. The lowest BCUT2D eigenvalue weighted by molar-refractivity contribution is -0.117. The fourth-order valence-electron chi connectivity index (χ4n) is 2.89. The minimum Gasteiger partial charge on any atom is -0.495 e. The summed E-state index contributed by atoms with van der Waals surface area (Å²) >= 11 is 18.7. The number of benzene rings is 3. The van der Waals surface area contributed by atoms with Crippen LogP contribution in [0.25, 0.3) is 16.7 Å². The topological polar surface area (TPSA) is 81.1 Å². The van der Waals surface area contributed by atoms with Crippen molar-refractivity contribution in [3.63, 3.8) is 0 Å². The van der Waals surface area contributed by atoms with E-state index in [0.29, 0.717) is 38.2 Å². The fourth-order valence-corrected chi connectivity index (χ4v) is 4.20. The number of nitrogens with one attached hydrogen (secondary N) is 2. The molecule has 0 atom stereocenters. The Morgan fingerprint density at radius 2 is 1.82 bits per heavy atom. The highest BCUT2D eigenvalue weighted by Gasteiger charge is 2.10. The third-order valence-electron chi connectivity index (χ3n) is 4.44. The van der Waals surface area contributed by atoms with Gasteiger partial charge in [0, 0.05) is 15.6 Å². The molecule has 0 bridgehead atoms. The van der Waals surface area contributed by atoms with Crippen LogP contribution in [0.4, 0.5) is 5.69 Å². The summed E-state index contributed by atoms with van der Waals surface area (Å²) in [5.74, 6) is 0.586. The molecule has 3 aromatic carbocycles. The number of hydrogen-bond acceptors (Lipinski definition) is 6. The molecule has 0 unspecified atom stereocenters. The zero-order valence-corrected chi connectivity index (χ0v) is 20.4. The van der Waals surface area contributed by atoms with Crippen LogP contribution in [0.2, 0.25) is 10.0 Å². The van der Waals surface area contributed by atoms with Crippen LogP contribution in [0.15, 0.2) is 65.6 Å². The van der Waals surface area contributed by atoms with Crippen molar-refractivity contribution in [3.05, 3.63) is 70.7 Å².